The Kier molecular flexibility index (Phi) is 4.48. The van der Waals surface area contributed by atoms with Crippen LogP contribution < -0.4 is 0 Å². The Morgan fingerprint density at radius 3 is 2.58 bits per heavy atom. The minimum atomic E-state index is -4.86. The van der Waals surface area contributed by atoms with E-state index in [4.69, 9.17) is 5.26 Å². The Labute approximate surface area is 107 Å². The molecule has 0 spiro atoms. The lowest BCUT2D eigenvalue weighted by atomic mass is 10.1. The Morgan fingerprint density at radius 2 is 2.05 bits per heavy atom. The highest BCUT2D eigenvalue weighted by molar-refractivity contribution is 5.94. The highest BCUT2D eigenvalue weighted by Gasteiger charge is 2.36. The SMILES string of the molecule is CN(CCC#N)C(=O)c1cccc(C(F)(F)F)c1F. The molecule has 1 aromatic rings. The van der Waals surface area contributed by atoms with E-state index in [0.29, 0.717) is 6.07 Å². The average Bonchev–Trinajstić information content (AvgIpc) is 2.34. The van der Waals surface area contributed by atoms with Crippen molar-refractivity contribution in [2.75, 3.05) is 13.6 Å². The van der Waals surface area contributed by atoms with Crippen LogP contribution in [0.25, 0.3) is 0 Å². The van der Waals surface area contributed by atoms with Crippen LogP contribution in [0.3, 0.4) is 0 Å². The summed E-state index contributed by atoms with van der Waals surface area (Å²) in [6, 6.07) is 4.31. The number of nitrogens with zero attached hydrogens (tertiary/aromatic N) is 2. The number of carbonyl (C=O) groups is 1. The maximum Gasteiger partial charge on any atom is 0.419 e. The predicted molar refractivity (Wildman–Crippen MR) is 58.6 cm³/mol. The van der Waals surface area contributed by atoms with E-state index < -0.39 is 29.0 Å². The molecule has 0 N–H and O–H groups in total. The number of hydrogen-bond donors (Lipinski definition) is 0. The van der Waals surface area contributed by atoms with Crippen molar-refractivity contribution in [2.45, 2.75) is 12.6 Å². The van der Waals surface area contributed by atoms with Gasteiger partial charge in [-0.05, 0) is 12.1 Å². The third-order valence-electron chi connectivity index (χ3n) is 2.44. The van der Waals surface area contributed by atoms with E-state index in [9.17, 15) is 22.4 Å². The van der Waals surface area contributed by atoms with E-state index in [1.165, 1.54) is 7.05 Å². The number of benzene rings is 1. The molecular weight excluding hydrogens is 264 g/mol. The molecule has 1 aromatic carbocycles. The minimum absolute atomic E-state index is 0.0167. The van der Waals surface area contributed by atoms with Gasteiger partial charge in [0, 0.05) is 13.6 Å². The van der Waals surface area contributed by atoms with Crippen molar-refractivity contribution in [3.8, 4) is 6.07 Å². The Morgan fingerprint density at radius 1 is 1.42 bits per heavy atom. The first-order valence-corrected chi connectivity index (χ1v) is 5.27. The van der Waals surface area contributed by atoms with Gasteiger partial charge in [0.15, 0.2) is 0 Å². The highest BCUT2D eigenvalue weighted by atomic mass is 19.4. The second-order valence-electron chi connectivity index (χ2n) is 3.80. The largest absolute Gasteiger partial charge is 0.419 e. The topological polar surface area (TPSA) is 44.1 Å². The lowest BCUT2D eigenvalue weighted by Gasteiger charge is -2.17. The standard InChI is InChI=1S/C12H10F4N2O/c1-18(7-3-6-17)11(19)8-4-2-5-9(10(8)13)12(14,15)16/h2,4-5H,3,7H2,1H3. The van der Waals surface area contributed by atoms with Crippen molar-refractivity contribution in [1.82, 2.24) is 4.90 Å². The van der Waals surface area contributed by atoms with Gasteiger partial charge in [-0.15, -0.1) is 0 Å². The molecule has 0 saturated heterocycles. The maximum atomic E-state index is 13.7. The van der Waals surface area contributed by atoms with Crippen LogP contribution in [0.2, 0.25) is 0 Å². The van der Waals surface area contributed by atoms with Gasteiger partial charge in [0.1, 0.15) is 5.82 Å². The van der Waals surface area contributed by atoms with Crippen molar-refractivity contribution >= 4 is 5.91 Å². The third kappa shape index (κ3) is 3.44. The maximum absolute atomic E-state index is 13.7. The zero-order valence-electron chi connectivity index (χ0n) is 9.96. The van der Waals surface area contributed by atoms with Crippen molar-refractivity contribution in [2.24, 2.45) is 0 Å². The first-order valence-electron chi connectivity index (χ1n) is 5.27. The highest BCUT2D eigenvalue weighted by Crippen LogP contribution is 2.32. The summed E-state index contributed by atoms with van der Waals surface area (Å²) in [6.07, 6.45) is -4.84. The average molecular weight is 274 g/mol. The van der Waals surface area contributed by atoms with Crippen molar-refractivity contribution < 1.29 is 22.4 Å². The molecule has 7 heteroatoms. The van der Waals surface area contributed by atoms with Crippen LogP contribution in [0, 0.1) is 17.1 Å². The predicted octanol–water partition coefficient (Wildman–Crippen LogP) is 2.83. The number of alkyl halides is 3. The van der Waals surface area contributed by atoms with Gasteiger partial charge in [-0.3, -0.25) is 4.79 Å². The van der Waals surface area contributed by atoms with E-state index in [0.717, 1.165) is 17.0 Å². The number of hydrogen-bond acceptors (Lipinski definition) is 2. The lowest BCUT2D eigenvalue weighted by molar-refractivity contribution is -0.140. The molecule has 0 aliphatic heterocycles. The normalized spacial score (nSPS) is 10.9. The van der Waals surface area contributed by atoms with Crippen LogP contribution in [0.1, 0.15) is 22.3 Å². The zero-order chi connectivity index (χ0) is 14.6. The molecule has 0 bridgehead atoms. The van der Waals surface area contributed by atoms with Crippen LogP contribution in [0.15, 0.2) is 18.2 Å². The van der Waals surface area contributed by atoms with E-state index in [1.54, 1.807) is 6.07 Å². The minimum Gasteiger partial charge on any atom is -0.341 e. The van der Waals surface area contributed by atoms with Crippen molar-refractivity contribution in [3.05, 3.63) is 35.1 Å². The molecule has 0 aliphatic carbocycles. The van der Waals surface area contributed by atoms with Gasteiger partial charge in [0.2, 0.25) is 0 Å². The summed E-state index contributed by atoms with van der Waals surface area (Å²) >= 11 is 0. The van der Waals surface area contributed by atoms with Gasteiger partial charge in [0.25, 0.3) is 5.91 Å². The van der Waals surface area contributed by atoms with Crippen LogP contribution in [0.4, 0.5) is 17.6 Å². The molecule has 0 saturated carbocycles. The van der Waals surface area contributed by atoms with E-state index in [2.05, 4.69) is 0 Å². The molecule has 1 amide bonds. The zero-order valence-corrected chi connectivity index (χ0v) is 9.96. The molecule has 19 heavy (non-hydrogen) atoms. The van der Waals surface area contributed by atoms with E-state index in [1.807, 2.05) is 0 Å². The van der Waals surface area contributed by atoms with Crippen molar-refractivity contribution in [3.63, 3.8) is 0 Å². The monoisotopic (exact) mass is 274 g/mol. The van der Waals surface area contributed by atoms with Gasteiger partial charge >= 0.3 is 6.18 Å². The summed E-state index contributed by atoms with van der Waals surface area (Å²) in [5.74, 6) is -2.48. The molecule has 0 unspecified atom stereocenters. The summed E-state index contributed by atoms with van der Waals surface area (Å²) in [7, 11) is 1.29. The fourth-order valence-electron chi connectivity index (χ4n) is 1.44. The quantitative estimate of drug-likeness (QED) is 0.795. The number of carbonyl (C=O) groups excluding carboxylic acids is 1. The third-order valence-corrected chi connectivity index (χ3v) is 2.44. The molecule has 0 radical (unpaired) electrons. The molecule has 0 aromatic heterocycles. The lowest BCUT2D eigenvalue weighted by Crippen LogP contribution is -2.29. The number of rotatable bonds is 3. The second kappa shape index (κ2) is 5.69. The summed E-state index contributed by atoms with van der Waals surface area (Å²) in [4.78, 5) is 12.8. The molecule has 0 atom stereocenters. The van der Waals surface area contributed by atoms with Gasteiger partial charge in [-0.25, -0.2) is 4.39 Å². The Hall–Kier alpha value is -2.10. The van der Waals surface area contributed by atoms with Crippen molar-refractivity contribution in [1.29, 1.82) is 5.26 Å². The summed E-state index contributed by atoms with van der Waals surface area (Å²) in [5, 5.41) is 8.36. The molecule has 102 valence electrons. The first-order chi connectivity index (χ1) is 8.79. The van der Waals surface area contributed by atoms with Crippen LogP contribution >= 0.6 is 0 Å². The summed E-state index contributed by atoms with van der Waals surface area (Å²) in [5.41, 5.74) is -2.14. The van der Waals surface area contributed by atoms with Crippen LogP contribution in [-0.2, 0) is 6.18 Å². The van der Waals surface area contributed by atoms with E-state index >= 15 is 0 Å². The van der Waals surface area contributed by atoms with Crippen LogP contribution in [-0.4, -0.2) is 24.4 Å². The first kappa shape index (κ1) is 15.0. The van der Waals surface area contributed by atoms with Gasteiger partial charge in [-0.2, -0.15) is 18.4 Å². The second-order valence-corrected chi connectivity index (χ2v) is 3.80. The summed E-state index contributed by atoms with van der Waals surface area (Å²) < 4.78 is 51.1. The molecule has 0 fully saturated rings. The Bertz CT molecular complexity index is 519. The molecular formula is C12H10F4N2O. The number of halogens is 4. The van der Waals surface area contributed by atoms with E-state index in [-0.39, 0.29) is 13.0 Å². The number of nitriles is 1. The fourth-order valence-corrected chi connectivity index (χ4v) is 1.44. The van der Waals surface area contributed by atoms with Gasteiger partial charge in [0.05, 0.1) is 23.6 Å². The Balaban J connectivity index is 3.09. The number of amides is 1. The smallest absolute Gasteiger partial charge is 0.341 e. The van der Waals surface area contributed by atoms with Crippen LogP contribution in [0.5, 0.6) is 0 Å². The summed E-state index contributed by atoms with van der Waals surface area (Å²) in [6.45, 7) is 0.0189. The van der Waals surface area contributed by atoms with Gasteiger partial charge < -0.3 is 4.90 Å². The molecule has 1 rings (SSSR count). The van der Waals surface area contributed by atoms with Gasteiger partial charge in [-0.1, -0.05) is 6.07 Å². The molecule has 0 heterocycles. The molecule has 0 aliphatic rings. The fraction of sp³-hybridized carbons (Fsp3) is 0.333. The molecule has 3 nitrogen and oxygen atoms in total.